The van der Waals surface area contributed by atoms with Gasteiger partial charge in [-0.2, -0.15) is 4.98 Å². The molecule has 206 valence electrons. The van der Waals surface area contributed by atoms with E-state index in [1.54, 1.807) is 19.2 Å². The first-order chi connectivity index (χ1) is 18.5. The van der Waals surface area contributed by atoms with Gasteiger partial charge in [-0.25, -0.2) is 9.78 Å². The van der Waals surface area contributed by atoms with Gasteiger partial charge in [0.15, 0.2) is 0 Å². The largest absolute Gasteiger partial charge is 0.497 e. The maximum Gasteiger partial charge on any atom is 0.407 e. The summed E-state index contributed by atoms with van der Waals surface area (Å²) in [6, 6.07) is 12.9. The Morgan fingerprint density at radius 3 is 2.69 bits per heavy atom. The monoisotopic (exact) mass is 552 g/mol. The number of nitrogens with zero attached hydrogens (tertiary/aromatic N) is 3. The smallest absolute Gasteiger partial charge is 0.407 e. The van der Waals surface area contributed by atoms with Crippen molar-refractivity contribution >= 4 is 41.1 Å². The molecule has 0 bridgehead atoms. The molecule has 11 heteroatoms. The van der Waals surface area contributed by atoms with Gasteiger partial charge < -0.3 is 30.7 Å². The normalized spacial score (nSPS) is 15.4. The minimum absolute atomic E-state index is 0.131. The van der Waals surface area contributed by atoms with Gasteiger partial charge in [0.25, 0.3) is 5.91 Å². The second-order valence-corrected chi connectivity index (χ2v) is 10.7. The highest BCUT2D eigenvalue weighted by molar-refractivity contribution is 6.33. The number of nitrogens with two attached hydrogens (primary N) is 1. The zero-order chi connectivity index (χ0) is 28.2. The topological polar surface area (TPSA) is 132 Å². The van der Waals surface area contributed by atoms with Gasteiger partial charge >= 0.3 is 6.09 Å². The maximum atomic E-state index is 12.3. The number of carbonyl (C=O) groups is 2. The number of methoxy groups -OCH3 is 1. The van der Waals surface area contributed by atoms with Gasteiger partial charge in [0.05, 0.1) is 7.11 Å². The molecule has 1 fully saturated rings. The lowest BCUT2D eigenvalue weighted by atomic mass is 10.0. The molecule has 0 unspecified atom stereocenters. The van der Waals surface area contributed by atoms with Crippen LogP contribution in [0.4, 0.5) is 22.2 Å². The summed E-state index contributed by atoms with van der Waals surface area (Å²) in [4.78, 5) is 35.5. The van der Waals surface area contributed by atoms with E-state index in [4.69, 9.17) is 26.8 Å². The summed E-state index contributed by atoms with van der Waals surface area (Å²) in [6.45, 7) is 6.67. The Balaban J connectivity index is 1.56. The summed E-state index contributed by atoms with van der Waals surface area (Å²) < 4.78 is 10.7. The molecule has 0 radical (unpaired) electrons. The number of amides is 2. The Morgan fingerprint density at radius 1 is 1.18 bits per heavy atom. The van der Waals surface area contributed by atoms with Crippen molar-refractivity contribution < 1.29 is 19.1 Å². The Hall–Kier alpha value is -4.05. The third-order valence-corrected chi connectivity index (χ3v) is 6.41. The second kappa shape index (κ2) is 11.8. The number of hydrogen-bond donors (Lipinski definition) is 3. The molecule has 1 aromatic heterocycles. The van der Waals surface area contributed by atoms with Crippen LogP contribution in [0.15, 0.2) is 48.7 Å². The molecule has 2 amide bonds. The molecule has 1 atom stereocenters. The molecule has 1 saturated heterocycles. The summed E-state index contributed by atoms with van der Waals surface area (Å²) in [6.07, 6.45) is 2.59. The predicted molar refractivity (Wildman–Crippen MR) is 152 cm³/mol. The molecule has 39 heavy (non-hydrogen) atoms. The van der Waals surface area contributed by atoms with Crippen molar-refractivity contribution in [3.05, 3.63) is 59.2 Å². The van der Waals surface area contributed by atoms with Crippen molar-refractivity contribution in [2.45, 2.75) is 45.3 Å². The molecular formula is C28H33ClN6O4. The van der Waals surface area contributed by atoms with Crippen LogP contribution in [0.5, 0.6) is 5.75 Å². The molecule has 4 N–H and O–H groups in total. The van der Waals surface area contributed by atoms with Gasteiger partial charge in [0.1, 0.15) is 22.7 Å². The van der Waals surface area contributed by atoms with Crippen LogP contribution in [-0.2, 0) is 4.74 Å². The Labute approximate surface area is 232 Å². The fraction of sp³-hybridized carbons (Fsp3) is 0.357. The molecule has 0 aliphatic carbocycles. The zero-order valence-corrected chi connectivity index (χ0v) is 23.2. The van der Waals surface area contributed by atoms with E-state index in [1.165, 1.54) is 6.20 Å². The van der Waals surface area contributed by atoms with E-state index in [0.29, 0.717) is 35.5 Å². The van der Waals surface area contributed by atoms with E-state index in [-0.39, 0.29) is 17.4 Å². The van der Waals surface area contributed by atoms with Gasteiger partial charge in [0, 0.05) is 41.6 Å². The lowest BCUT2D eigenvalue weighted by Crippen LogP contribution is -2.49. The number of nitrogens with one attached hydrogen (secondary N) is 2. The summed E-state index contributed by atoms with van der Waals surface area (Å²) in [5.74, 6) is 0.734. The number of carbonyl (C=O) groups excluding carboxylic acids is 2. The van der Waals surface area contributed by atoms with Crippen LogP contribution in [-0.4, -0.2) is 53.8 Å². The highest BCUT2D eigenvalue weighted by Crippen LogP contribution is 2.33. The number of halogens is 1. The van der Waals surface area contributed by atoms with Crippen molar-refractivity contribution in [2.24, 2.45) is 5.73 Å². The van der Waals surface area contributed by atoms with E-state index in [2.05, 4.69) is 20.6 Å². The Kier molecular flexibility index (Phi) is 8.44. The van der Waals surface area contributed by atoms with Crippen molar-refractivity contribution in [3.63, 3.8) is 0 Å². The first-order valence-corrected chi connectivity index (χ1v) is 13.0. The van der Waals surface area contributed by atoms with Gasteiger partial charge in [0.2, 0.25) is 5.95 Å². The average Bonchev–Trinajstić information content (AvgIpc) is 2.88. The van der Waals surface area contributed by atoms with E-state index in [1.807, 2.05) is 56.0 Å². The number of primary amides is 1. The highest BCUT2D eigenvalue weighted by atomic mass is 35.5. The van der Waals surface area contributed by atoms with E-state index in [9.17, 15) is 9.59 Å². The maximum absolute atomic E-state index is 12.3. The number of benzene rings is 2. The Morgan fingerprint density at radius 2 is 1.97 bits per heavy atom. The lowest BCUT2D eigenvalue weighted by Gasteiger charge is -2.33. The molecule has 4 rings (SSSR count). The number of rotatable bonds is 7. The van der Waals surface area contributed by atoms with E-state index >= 15 is 0 Å². The zero-order valence-electron chi connectivity index (χ0n) is 22.5. The minimum atomic E-state index is -0.654. The first-order valence-electron chi connectivity index (χ1n) is 12.6. The third kappa shape index (κ3) is 7.29. The van der Waals surface area contributed by atoms with Crippen LogP contribution in [0.2, 0.25) is 5.02 Å². The molecule has 3 aromatic rings. The first kappa shape index (κ1) is 28.0. The molecule has 10 nitrogen and oxygen atoms in total. The SMILES string of the molecule is COc1ccc(Cl)c(-c2cccc(Nc3nc(N4CCC[C@H](NC(=O)OC(C)(C)C)C4)ncc3C(N)=O)c2)c1. The Bertz CT molecular complexity index is 1360. The van der Waals surface area contributed by atoms with Crippen molar-refractivity contribution in [1.82, 2.24) is 15.3 Å². The molecule has 2 heterocycles. The van der Waals surface area contributed by atoms with Crippen molar-refractivity contribution in [3.8, 4) is 16.9 Å². The fourth-order valence-corrected chi connectivity index (χ4v) is 4.53. The summed E-state index contributed by atoms with van der Waals surface area (Å²) in [7, 11) is 1.60. The molecule has 1 aliphatic rings. The van der Waals surface area contributed by atoms with Crippen LogP contribution in [0.3, 0.4) is 0 Å². The second-order valence-electron chi connectivity index (χ2n) is 10.3. The molecular weight excluding hydrogens is 520 g/mol. The fourth-order valence-electron chi connectivity index (χ4n) is 4.31. The average molecular weight is 553 g/mol. The number of anilines is 3. The summed E-state index contributed by atoms with van der Waals surface area (Å²) in [5, 5.41) is 6.72. The molecule has 2 aromatic carbocycles. The van der Waals surface area contributed by atoms with Crippen molar-refractivity contribution in [2.75, 3.05) is 30.4 Å². The van der Waals surface area contributed by atoms with Crippen LogP contribution in [0.25, 0.3) is 11.1 Å². The van der Waals surface area contributed by atoms with Crippen LogP contribution in [0.1, 0.15) is 44.0 Å². The summed E-state index contributed by atoms with van der Waals surface area (Å²) >= 11 is 6.45. The number of aromatic nitrogens is 2. The van der Waals surface area contributed by atoms with Gasteiger partial charge in [-0.05, 0) is 69.5 Å². The quantitative estimate of drug-likeness (QED) is 0.367. The standard InChI is InChI=1S/C28H33ClN6O4/c1-28(2,3)39-27(37)33-19-9-6-12-35(16-19)26-31-15-22(24(30)36)25(34-26)32-18-8-5-7-17(13-18)21-14-20(38-4)10-11-23(21)29/h5,7-8,10-11,13-15,19H,6,9,12,16H2,1-4H3,(H2,30,36)(H,33,37)(H,31,32,34)/t19-/m0/s1. The number of piperidine rings is 1. The minimum Gasteiger partial charge on any atom is -0.497 e. The van der Waals surface area contributed by atoms with Gasteiger partial charge in [-0.1, -0.05) is 23.7 Å². The van der Waals surface area contributed by atoms with Crippen LogP contribution < -0.4 is 26.0 Å². The summed E-state index contributed by atoms with van der Waals surface area (Å²) in [5.41, 5.74) is 7.54. The third-order valence-electron chi connectivity index (χ3n) is 6.08. The highest BCUT2D eigenvalue weighted by Gasteiger charge is 2.26. The number of alkyl carbamates (subject to hydrolysis) is 1. The van der Waals surface area contributed by atoms with Crippen LogP contribution >= 0.6 is 11.6 Å². The van der Waals surface area contributed by atoms with Crippen LogP contribution in [0, 0.1) is 0 Å². The number of hydrogen-bond acceptors (Lipinski definition) is 8. The van der Waals surface area contributed by atoms with Gasteiger partial charge in [-0.3, -0.25) is 4.79 Å². The number of ether oxygens (including phenoxy) is 2. The van der Waals surface area contributed by atoms with Gasteiger partial charge in [-0.15, -0.1) is 0 Å². The molecule has 1 aliphatic heterocycles. The predicted octanol–water partition coefficient (Wildman–Crippen LogP) is 5.14. The van der Waals surface area contributed by atoms with Crippen molar-refractivity contribution in [1.29, 1.82) is 0 Å². The molecule has 0 spiro atoms. The lowest BCUT2D eigenvalue weighted by molar-refractivity contribution is 0.0499. The van der Waals surface area contributed by atoms with E-state index in [0.717, 1.165) is 24.0 Å². The van der Waals surface area contributed by atoms with E-state index < -0.39 is 17.6 Å². The molecule has 0 saturated carbocycles.